The van der Waals surface area contributed by atoms with Crippen LogP contribution in [0, 0.1) is 0 Å². The first kappa shape index (κ1) is 20.9. The van der Waals surface area contributed by atoms with Crippen LogP contribution in [0.4, 0.5) is 0 Å². The third-order valence-electron chi connectivity index (χ3n) is 5.77. The van der Waals surface area contributed by atoms with E-state index in [0.29, 0.717) is 6.54 Å². The van der Waals surface area contributed by atoms with Gasteiger partial charge >= 0.3 is 0 Å². The summed E-state index contributed by atoms with van der Waals surface area (Å²) in [5, 5.41) is 0. The molecule has 1 aromatic heterocycles. The van der Waals surface area contributed by atoms with Crippen molar-refractivity contribution >= 4 is 5.91 Å². The molecule has 0 radical (unpaired) electrons. The summed E-state index contributed by atoms with van der Waals surface area (Å²) < 4.78 is 2.25. The molecular formula is C26H32N2O. The van der Waals surface area contributed by atoms with E-state index in [4.69, 9.17) is 0 Å². The first-order chi connectivity index (χ1) is 14.1. The lowest BCUT2D eigenvalue weighted by Crippen LogP contribution is -2.41. The molecule has 2 aromatic carbocycles. The molecule has 3 aromatic rings. The van der Waals surface area contributed by atoms with E-state index in [0.717, 1.165) is 24.9 Å². The maximum absolute atomic E-state index is 13.6. The summed E-state index contributed by atoms with van der Waals surface area (Å²) in [6, 6.07) is 25.0. The zero-order valence-corrected chi connectivity index (χ0v) is 17.8. The van der Waals surface area contributed by atoms with Gasteiger partial charge in [0.2, 0.25) is 5.91 Å². The second kappa shape index (κ2) is 10.1. The number of rotatable bonds is 9. The molecule has 0 saturated heterocycles. The van der Waals surface area contributed by atoms with Crippen molar-refractivity contribution < 1.29 is 4.79 Å². The molecule has 3 heteroatoms. The van der Waals surface area contributed by atoms with E-state index in [9.17, 15) is 4.79 Å². The Balaban J connectivity index is 1.83. The van der Waals surface area contributed by atoms with Gasteiger partial charge in [0, 0.05) is 24.5 Å². The van der Waals surface area contributed by atoms with Gasteiger partial charge in [0.15, 0.2) is 0 Å². The molecule has 29 heavy (non-hydrogen) atoms. The Bertz CT molecular complexity index is 885. The minimum Gasteiger partial charge on any atom is -0.345 e. The van der Waals surface area contributed by atoms with E-state index in [-0.39, 0.29) is 17.9 Å². The first-order valence-electron chi connectivity index (χ1n) is 10.7. The highest BCUT2D eigenvalue weighted by Gasteiger charge is 2.27. The van der Waals surface area contributed by atoms with Gasteiger partial charge in [0.25, 0.3) is 0 Å². The summed E-state index contributed by atoms with van der Waals surface area (Å²) in [5.74, 6) is 0.128. The van der Waals surface area contributed by atoms with Crippen molar-refractivity contribution in [3.8, 4) is 0 Å². The van der Waals surface area contributed by atoms with Crippen LogP contribution in [0.2, 0.25) is 0 Å². The molecule has 3 rings (SSSR count). The average molecular weight is 389 g/mol. The molecule has 0 bridgehead atoms. The number of benzene rings is 2. The van der Waals surface area contributed by atoms with Crippen molar-refractivity contribution in [1.82, 2.24) is 9.47 Å². The largest absolute Gasteiger partial charge is 0.345 e. The van der Waals surface area contributed by atoms with Crippen LogP contribution in [0.3, 0.4) is 0 Å². The summed E-state index contributed by atoms with van der Waals surface area (Å²) in [7, 11) is 0. The lowest BCUT2D eigenvalue weighted by atomic mass is 9.94. The number of nitrogens with zero attached hydrogens (tertiary/aromatic N) is 2. The van der Waals surface area contributed by atoms with Crippen molar-refractivity contribution in [2.24, 2.45) is 0 Å². The van der Waals surface area contributed by atoms with E-state index < -0.39 is 0 Å². The molecule has 0 aliphatic rings. The molecule has 2 atom stereocenters. The molecule has 0 unspecified atom stereocenters. The van der Waals surface area contributed by atoms with Gasteiger partial charge in [-0.2, -0.15) is 0 Å². The normalized spacial score (nSPS) is 13.1. The number of hydrogen-bond donors (Lipinski definition) is 0. The van der Waals surface area contributed by atoms with Crippen LogP contribution >= 0.6 is 0 Å². The quantitative estimate of drug-likeness (QED) is 0.451. The fourth-order valence-electron chi connectivity index (χ4n) is 3.81. The second-order valence-electron chi connectivity index (χ2n) is 7.71. The molecule has 0 N–H and O–H groups in total. The summed E-state index contributed by atoms with van der Waals surface area (Å²) in [6.07, 6.45) is 3.85. The molecule has 0 fully saturated rings. The van der Waals surface area contributed by atoms with Crippen molar-refractivity contribution in [2.75, 3.05) is 0 Å². The third kappa shape index (κ3) is 5.17. The SMILES string of the molecule is CC[C@H](C(=O)N(Cc1cccn1Cc1ccccc1)[C@@H](C)CC)c1ccccc1. The smallest absolute Gasteiger partial charge is 0.230 e. The van der Waals surface area contributed by atoms with E-state index in [1.807, 2.05) is 24.3 Å². The van der Waals surface area contributed by atoms with Crippen LogP contribution in [0.25, 0.3) is 0 Å². The van der Waals surface area contributed by atoms with Crippen molar-refractivity contribution in [1.29, 1.82) is 0 Å². The lowest BCUT2D eigenvalue weighted by Gasteiger charge is -2.32. The van der Waals surface area contributed by atoms with E-state index >= 15 is 0 Å². The molecule has 1 amide bonds. The molecule has 0 aliphatic heterocycles. The highest BCUT2D eigenvalue weighted by Crippen LogP contribution is 2.25. The number of carbonyl (C=O) groups is 1. The van der Waals surface area contributed by atoms with Gasteiger partial charge in [-0.15, -0.1) is 0 Å². The van der Waals surface area contributed by atoms with Crippen molar-refractivity contribution in [2.45, 2.75) is 58.7 Å². The van der Waals surface area contributed by atoms with Crippen LogP contribution in [0.15, 0.2) is 79.0 Å². The minimum atomic E-state index is -0.0947. The highest BCUT2D eigenvalue weighted by molar-refractivity contribution is 5.84. The Kier molecular flexibility index (Phi) is 7.29. The second-order valence-corrected chi connectivity index (χ2v) is 7.71. The van der Waals surface area contributed by atoms with Gasteiger partial charge in [0.1, 0.15) is 0 Å². The molecule has 3 nitrogen and oxygen atoms in total. The average Bonchev–Trinajstić information content (AvgIpc) is 3.20. The van der Waals surface area contributed by atoms with Gasteiger partial charge in [-0.1, -0.05) is 74.5 Å². The Morgan fingerprint density at radius 2 is 1.55 bits per heavy atom. The fourth-order valence-corrected chi connectivity index (χ4v) is 3.81. The monoisotopic (exact) mass is 388 g/mol. The van der Waals surface area contributed by atoms with Crippen molar-refractivity contribution in [3.05, 3.63) is 95.8 Å². The predicted molar refractivity (Wildman–Crippen MR) is 120 cm³/mol. The maximum atomic E-state index is 13.6. The summed E-state index contributed by atoms with van der Waals surface area (Å²) in [5.41, 5.74) is 3.54. The Hall–Kier alpha value is -2.81. The van der Waals surface area contributed by atoms with Crippen LogP contribution in [0.5, 0.6) is 0 Å². The van der Waals surface area contributed by atoms with E-state index in [1.54, 1.807) is 0 Å². The Morgan fingerprint density at radius 3 is 2.17 bits per heavy atom. The first-order valence-corrected chi connectivity index (χ1v) is 10.7. The predicted octanol–water partition coefficient (Wildman–Crippen LogP) is 5.86. The number of amides is 1. The van der Waals surface area contributed by atoms with Gasteiger partial charge in [-0.25, -0.2) is 0 Å². The minimum absolute atomic E-state index is 0.0947. The zero-order valence-electron chi connectivity index (χ0n) is 17.8. The van der Waals surface area contributed by atoms with Gasteiger partial charge in [0.05, 0.1) is 12.5 Å². The molecule has 0 spiro atoms. The third-order valence-corrected chi connectivity index (χ3v) is 5.77. The standard InChI is InChI=1S/C26H32N2O/c1-4-21(3)28(26(29)25(5-2)23-15-10-7-11-16-23)20-24-17-12-18-27(24)19-22-13-8-6-9-14-22/h6-18,21,25H,4-5,19-20H2,1-3H3/t21-,25-/m0/s1. The Labute approximate surface area is 175 Å². The molecule has 0 aliphatic carbocycles. The zero-order chi connectivity index (χ0) is 20.6. The van der Waals surface area contributed by atoms with Gasteiger partial charge in [-0.3, -0.25) is 4.79 Å². The van der Waals surface area contributed by atoms with E-state index in [2.05, 4.69) is 85.0 Å². The molecular weight excluding hydrogens is 356 g/mol. The Morgan fingerprint density at radius 1 is 0.897 bits per heavy atom. The number of carbonyl (C=O) groups excluding carboxylic acids is 1. The maximum Gasteiger partial charge on any atom is 0.230 e. The van der Waals surface area contributed by atoms with Crippen LogP contribution in [-0.2, 0) is 17.9 Å². The number of aromatic nitrogens is 1. The van der Waals surface area contributed by atoms with Gasteiger partial charge in [-0.05, 0) is 43.0 Å². The fraction of sp³-hybridized carbons (Fsp3) is 0.346. The molecule has 0 saturated carbocycles. The van der Waals surface area contributed by atoms with E-state index in [1.165, 1.54) is 11.3 Å². The lowest BCUT2D eigenvalue weighted by molar-refractivity contribution is -0.135. The summed E-state index contributed by atoms with van der Waals surface area (Å²) >= 11 is 0. The van der Waals surface area contributed by atoms with Crippen LogP contribution in [-0.4, -0.2) is 21.4 Å². The van der Waals surface area contributed by atoms with Crippen LogP contribution < -0.4 is 0 Å². The van der Waals surface area contributed by atoms with Crippen LogP contribution in [0.1, 0.15) is 56.4 Å². The van der Waals surface area contributed by atoms with Crippen molar-refractivity contribution in [3.63, 3.8) is 0 Å². The summed E-state index contributed by atoms with van der Waals surface area (Å²) in [4.78, 5) is 15.7. The number of hydrogen-bond acceptors (Lipinski definition) is 1. The van der Waals surface area contributed by atoms with Gasteiger partial charge < -0.3 is 9.47 Å². The molecule has 152 valence electrons. The highest BCUT2D eigenvalue weighted by atomic mass is 16.2. The molecule has 1 heterocycles. The summed E-state index contributed by atoms with van der Waals surface area (Å²) in [6.45, 7) is 7.86. The topological polar surface area (TPSA) is 25.2 Å².